The molecule has 1 aliphatic heterocycles. The molecule has 1 heterocycles. The van der Waals surface area contributed by atoms with E-state index in [1.807, 2.05) is 30.3 Å². The average molecular weight is 476 g/mol. The van der Waals surface area contributed by atoms with Crippen molar-refractivity contribution in [1.82, 2.24) is 4.90 Å². The van der Waals surface area contributed by atoms with Crippen LogP contribution in [0.4, 0.5) is 8.78 Å². The normalized spacial score (nSPS) is 15.3. The first-order valence-electron chi connectivity index (χ1n) is 11.1. The fraction of sp³-hybridized carbons (Fsp3) is 0.286. The van der Waals surface area contributed by atoms with E-state index in [0.29, 0.717) is 35.8 Å². The highest BCUT2D eigenvalue weighted by molar-refractivity contribution is 6.30. The standard InChI is InChI=1S/C28H24ClF2N3/c1-28(2,31)27(22-10-18(13-32)11-25(30)12-22)23-16-34(17-23)15-21-5-3-4-20(14-33)26(21)19-6-8-24(29)9-7-19/h3-12,23,27H,15-17H2,1-2H3/t27-/m0/s1. The molecule has 1 atom stereocenters. The number of nitrogens with zero attached hydrogens (tertiary/aromatic N) is 3. The minimum Gasteiger partial charge on any atom is -0.298 e. The van der Waals surface area contributed by atoms with Gasteiger partial charge in [-0.3, -0.25) is 4.90 Å². The van der Waals surface area contributed by atoms with Crippen LogP contribution >= 0.6 is 11.6 Å². The van der Waals surface area contributed by atoms with E-state index in [1.54, 1.807) is 24.3 Å². The summed E-state index contributed by atoms with van der Waals surface area (Å²) in [6, 6.07) is 21.4. The molecule has 3 aromatic carbocycles. The second-order valence-corrected chi connectivity index (χ2v) is 9.78. The maximum atomic E-state index is 15.3. The number of nitriles is 2. The van der Waals surface area contributed by atoms with Crippen molar-refractivity contribution < 1.29 is 8.78 Å². The van der Waals surface area contributed by atoms with Gasteiger partial charge < -0.3 is 0 Å². The summed E-state index contributed by atoms with van der Waals surface area (Å²) in [4.78, 5) is 2.20. The van der Waals surface area contributed by atoms with E-state index >= 15 is 4.39 Å². The van der Waals surface area contributed by atoms with E-state index in [9.17, 15) is 14.9 Å². The van der Waals surface area contributed by atoms with Crippen LogP contribution in [0.5, 0.6) is 0 Å². The maximum Gasteiger partial charge on any atom is 0.124 e. The van der Waals surface area contributed by atoms with Gasteiger partial charge in [0.05, 0.1) is 23.3 Å². The molecule has 34 heavy (non-hydrogen) atoms. The highest BCUT2D eigenvalue weighted by Crippen LogP contribution is 2.43. The molecular formula is C28H24ClF2N3. The van der Waals surface area contributed by atoms with Crippen LogP contribution in [0.2, 0.25) is 5.02 Å². The van der Waals surface area contributed by atoms with Crippen LogP contribution in [0, 0.1) is 34.4 Å². The second-order valence-electron chi connectivity index (χ2n) is 9.34. The molecule has 1 aliphatic rings. The lowest BCUT2D eigenvalue weighted by molar-refractivity contribution is 0.0213. The molecule has 0 amide bonds. The smallest absolute Gasteiger partial charge is 0.124 e. The van der Waals surface area contributed by atoms with Gasteiger partial charge in [-0.05, 0) is 72.9 Å². The molecule has 0 aromatic heterocycles. The predicted molar refractivity (Wildman–Crippen MR) is 129 cm³/mol. The van der Waals surface area contributed by atoms with Crippen molar-refractivity contribution in [1.29, 1.82) is 10.5 Å². The zero-order valence-electron chi connectivity index (χ0n) is 19.0. The molecule has 4 rings (SSSR count). The van der Waals surface area contributed by atoms with Crippen molar-refractivity contribution in [3.05, 3.63) is 93.8 Å². The molecule has 0 N–H and O–H groups in total. The molecule has 3 aromatic rings. The average Bonchev–Trinajstić information content (AvgIpc) is 2.76. The highest BCUT2D eigenvalue weighted by atomic mass is 35.5. The van der Waals surface area contributed by atoms with Gasteiger partial charge in [-0.15, -0.1) is 0 Å². The van der Waals surface area contributed by atoms with Gasteiger partial charge in [0, 0.05) is 36.1 Å². The van der Waals surface area contributed by atoms with Crippen molar-refractivity contribution in [2.45, 2.75) is 32.0 Å². The molecule has 0 unspecified atom stereocenters. The number of benzene rings is 3. The molecule has 0 spiro atoms. The topological polar surface area (TPSA) is 50.8 Å². The van der Waals surface area contributed by atoms with Crippen LogP contribution in [-0.2, 0) is 6.54 Å². The Morgan fingerprint density at radius 3 is 2.38 bits per heavy atom. The van der Waals surface area contributed by atoms with Crippen LogP contribution in [0.1, 0.15) is 42.0 Å². The summed E-state index contributed by atoms with van der Waals surface area (Å²) in [5.74, 6) is -1.08. The predicted octanol–water partition coefficient (Wildman–Crippen LogP) is 6.85. The van der Waals surface area contributed by atoms with Gasteiger partial charge >= 0.3 is 0 Å². The molecule has 3 nitrogen and oxygen atoms in total. The lowest BCUT2D eigenvalue weighted by Crippen LogP contribution is -2.52. The van der Waals surface area contributed by atoms with Gasteiger partial charge in [-0.25, -0.2) is 8.78 Å². The SMILES string of the molecule is CC(C)(F)[C@@H](c1cc(F)cc(C#N)c1)C1CN(Cc2cccc(C#N)c2-c2ccc(Cl)cc2)C1. The Balaban J connectivity index is 1.57. The van der Waals surface area contributed by atoms with E-state index in [0.717, 1.165) is 16.7 Å². The second kappa shape index (κ2) is 9.55. The van der Waals surface area contributed by atoms with Crippen molar-refractivity contribution in [3.63, 3.8) is 0 Å². The van der Waals surface area contributed by atoms with E-state index in [1.165, 1.54) is 26.0 Å². The lowest BCUT2D eigenvalue weighted by Gasteiger charge is -2.47. The number of hydrogen-bond donors (Lipinski definition) is 0. The first-order valence-corrected chi connectivity index (χ1v) is 11.5. The maximum absolute atomic E-state index is 15.3. The first-order chi connectivity index (χ1) is 16.2. The first kappa shape index (κ1) is 23.9. The van der Waals surface area contributed by atoms with E-state index in [4.69, 9.17) is 11.6 Å². The van der Waals surface area contributed by atoms with Gasteiger partial charge in [0.25, 0.3) is 0 Å². The molecule has 0 saturated carbocycles. The van der Waals surface area contributed by atoms with Crippen molar-refractivity contribution in [2.75, 3.05) is 13.1 Å². The number of hydrogen-bond acceptors (Lipinski definition) is 3. The van der Waals surface area contributed by atoms with E-state index in [-0.39, 0.29) is 11.5 Å². The summed E-state index contributed by atoms with van der Waals surface area (Å²) in [5.41, 5.74) is 2.52. The summed E-state index contributed by atoms with van der Waals surface area (Å²) < 4.78 is 29.4. The van der Waals surface area contributed by atoms with Gasteiger partial charge in [0.2, 0.25) is 0 Å². The Labute approximate surface area is 203 Å². The minimum absolute atomic E-state index is 0.0218. The third-order valence-electron chi connectivity index (χ3n) is 6.40. The molecule has 0 aliphatic carbocycles. The minimum atomic E-state index is -1.58. The largest absolute Gasteiger partial charge is 0.298 e. The summed E-state index contributed by atoms with van der Waals surface area (Å²) in [6.45, 7) is 4.88. The van der Waals surface area contributed by atoms with Crippen LogP contribution in [-0.4, -0.2) is 23.7 Å². The van der Waals surface area contributed by atoms with Crippen LogP contribution in [0.25, 0.3) is 11.1 Å². The molecule has 1 saturated heterocycles. The third kappa shape index (κ3) is 4.97. The Morgan fingerprint density at radius 1 is 1.06 bits per heavy atom. The van der Waals surface area contributed by atoms with Gasteiger partial charge in [0.15, 0.2) is 0 Å². The number of rotatable bonds is 6. The van der Waals surface area contributed by atoms with Crippen LogP contribution < -0.4 is 0 Å². The van der Waals surface area contributed by atoms with Crippen LogP contribution in [0.3, 0.4) is 0 Å². The quantitative estimate of drug-likeness (QED) is 0.391. The third-order valence-corrected chi connectivity index (χ3v) is 6.65. The fourth-order valence-corrected chi connectivity index (χ4v) is 5.18. The van der Waals surface area contributed by atoms with Crippen molar-refractivity contribution in [2.24, 2.45) is 5.92 Å². The number of likely N-dealkylation sites (tertiary alicyclic amines) is 1. The van der Waals surface area contributed by atoms with Gasteiger partial charge in [-0.2, -0.15) is 10.5 Å². The van der Waals surface area contributed by atoms with Crippen LogP contribution in [0.15, 0.2) is 60.7 Å². The van der Waals surface area contributed by atoms with Crippen molar-refractivity contribution in [3.8, 4) is 23.3 Å². The Hall–Kier alpha value is -3.25. The lowest BCUT2D eigenvalue weighted by atomic mass is 9.72. The molecule has 6 heteroatoms. The molecular weight excluding hydrogens is 452 g/mol. The molecule has 1 fully saturated rings. The Kier molecular flexibility index (Phi) is 6.71. The summed E-state index contributed by atoms with van der Waals surface area (Å²) in [5, 5.41) is 19.5. The highest BCUT2D eigenvalue weighted by Gasteiger charge is 2.43. The van der Waals surface area contributed by atoms with Gasteiger partial charge in [-0.1, -0.05) is 35.9 Å². The zero-order valence-corrected chi connectivity index (χ0v) is 19.8. The summed E-state index contributed by atoms with van der Waals surface area (Å²) in [7, 11) is 0. The molecule has 172 valence electrons. The molecule has 0 bridgehead atoms. The zero-order chi connectivity index (χ0) is 24.5. The fourth-order valence-electron chi connectivity index (χ4n) is 5.06. The number of halogens is 3. The monoisotopic (exact) mass is 475 g/mol. The van der Waals surface area contributed by atoms with Gasteiger partial charge in [0.1, 0.15) is 11.5 Å². The van der Waals surface area contributed by atoms with E-state index in [2.05, 4.69) is 11.0 Å². The molecule has 0 radical (unpaired) electrons. The summed E-state index contributed by atoms with van der Waals surface area (Å²) >= 11 is 6.05. The summed E-state index contributed by atoms with van der Waals surface area (Å²) in [6.07, 6.45) is 0. The Morgan fingerprint density at radius 2 is 1.76 bits per heavy atom. The Bertz CT molecular complexity index is 1280. The van der Waals surface area contributed by atoms with E-state index < -0.39 is 17.4 Å². The van der Waals surface area contributed by atoms with Crippen molar-refractivity contribution >= 4 is 11.6 Å². The number of alkyl halides is 1.